The van der Waals surface area contributed by atoms with E-state index in [0.29, 0.717) is 19.3 Å². The van der Waals surface area contributed by atoms with Crippen molar-refractivity contribution in [3.8, 4) is 0 Å². The van der Waals surface area contributed by atoms with Crippen LogP contribution in [-0.4, -0.2) is 55.5 Å². The molecule has 4 heteroatoms. The van der Waals surface area contributed by atoms with Gasteiger partial charge in [-0.25, -0.2) is 0 Å². The van der Waals surface area contributed by atoms with Crippen LogP contribution in [0.15, 0.2) is 0 Å². The highest BCUT2D eigenvalue weighted by Gasteiger charge is 2.25. The number of aliphatic hydroxyl groups excluding tert-OH is 1. The lowest BCUT2D eigenvalue weighted by Crippen LogP contribution is -2.47. The molecule has 1 fully saturated rings. The summed E-state index contributed by atoms with van der Waals surface area (Å²) in [7, 11) is 0. The summed E-state index contributed by atoms with van der Waals surface area (Å²) >= 11 is 0. The molecule has 0 bridgehead atoms. The Hall–Kier alpha value is -0.160. The van der Waals surface area contributed by atoms with Gasteiger partial charge in [0.2, 0.25) is 0 Å². The van der Waals surface area contributed by atoms with Crippen molar-refractivity contribution in [2.45, 2.75) is 32.2 Å². The highest BCUT2D eigenvalue weighted by molar-refractivity contribution is 4.81. The molecule has 1 rings (SSSR count). The number of hydrogen-bond donors (Lipinski definition) is 2. The molecule has 0 saturated carbocycles. The molecule has 0 spiro atoms. The third-order valence-corrected chi connectivity index (χ3v) is 3.55. The van der Waals surface area contributed by atoms with Crippen LogP contribution in [0.5, 0.6) is 0 Å². The molecule has 3 N–H and O–H groups in total. The average molecular weight is 230 g/mol. The second kappa shape index (κ2) is 8.01. The topological polar surface area (TPSA) is 58.7 Å². The van der Waals surface area contributed by atoms with Crippen LogP contribution in [0.4, 0.5) is 0 Å². The van der Waals surface area contributed by atoms with E-state index >= 15 is 0 Å². The van der Waals surface area contributed by atoms with Crippen molar-refractivity contribution in [2.75, 3.05) is 39.5 Å². The van der Waals surface area contributed by atoms with Crippen molar-refractivity contribution in [2.24, 2.45) is 11.7 Å². The quantitative estimate of drug-likeness (QED) is 0.623. The summed E-state index contributed by atoms with van der Waals surface area (Å²) in [4.78, 5) is 2.43. The Labute approximate surface area is 98.8 Å². The van der Waals surface area contributed by atoms with Gasteiger partial charge in [0.15, 0.2) is 0 Å². The van der Waals surface area contributed by atoms with E-state index in [2.05, 4.69) is 11.8 Å². The van der Waals surface area contributed by atoms with Gasteiger partial charge in [0.05, 0.1) is 19.8 Å². The first-order valence-electron chi connectivity index (χ1n) is 6.44. The van der Waals surface area contributed by atoms with E-state index in [4.69, 9.17) is 15.6 Å². The van der Waals surface area contributed by atoms with E-state index in [1.165, 1.54) is 19.3 Å². The summed E-state index contributed by atoms with van der Waals surface area (Å²) in [6.45, 7) is 6.35. The summed E-state index contributed by atoms with van der Waals surface area (Å²) in [6.07, 6.45) is 3.78. The summed E-state index contributed by atoms with van der Waals surface area (Å²) in [5.74, 6) is 0.850. The molecule has 16 heavy (non-hydrogen) atoms. The fraction of sp³-hybridized carbons (Fsp3) is 1.00. The molecule has 0 aliphatic carbocycles. The zero-order valence-electron chi connectivity index (χ0n) is 10.4. The summed E-state index contributed by atoms with van der Waals surface area (Å²) < 4.78 is 5.30. The number of likely N-dealkylation sites (tertiary alicyclic amines) is 1. The Kier molecular flexibility index (Phi) is 6.96. The molecule has 0 amide bonds. The predicted octanol–water partition coefficient (Wildman–Crippen LogP) is 0.445. The first kappa shape index (κ1) is 13.9. The first-order valence-corrected chi connectivity index (χ1v) is 6.44. The fourth-order valence-electron chi connectivity index (χ4n) is 2.44. The van der Waals surface area contributed by atoms with E-state index in [-0.39, 0.29) is 6.61 Å². The Morgan fingerprint density at radius 2 is 2.25 bits per heavy atom. The van der Waals surface area contributed by atoms with Crippen molar-refractivity contribution in [1.82, 2.24) is 4.90 Å². The van der Waals surface area contributed by atoms with Gasteiger partial charge < -0.3 is 15.6 Å². The van der Waals surface area contributed by atoms with E-state index in [1.54, 1.807) is 0 Å². The molecule has 1 saturated heterocycles. The predicted molar refractivity (Wildman–Crippen MR) is 65.3 cm³/mol. The average Bonchev–Trinajstić information content (AvgIpc) is 2.34. The maximum Gasteiger partial charge on any atom is 0.0698 e. The van der Waals surface area contributed by atoms with Crippen LogP contribution in [0.25, 0.3) is 0 Å². The molecular formula is C12H26N2O2. The van der Waals surface area contributed by atoms with Crippen molar-refractivity contribution < 1.29 is 9.84 Å². The highest BCUT2D eigenvalue weighted by Crippen LogP contribution is 2.24. The van der Waals surface area contributed by atoms with Crippen molar-refractivity contribution in [1.29, 1.82) is 0 Å². The van der Waals surface area contributed by atoms with Crippen LogP contribution < -0.4 is 5.73 Å². The van der Waals surface area contributed by atoms with Crippen molar-refractivity contribution in [3.05, 3.63) is 0 Å². The largest absolute Gasteiger partial charge is 0.394 e. The summed E-state index contributed by atoms with van der Waals surface area (Å²) in [6, 6.07) is 0.524. The Bertz CT molecular complexity index is 178. The van der Waals surface area contributed by atoms with Crippen LogP contribution in [0.1, 0.15) is 26.2 Å². The minimum absolute atomic E-state index is 0.109. The monoisotopic (exact) mass is 230 g/mol. The highest BCUT2D eigenvalue weighted by atomic mass is 16.5. The van der Waals surface area contributed by atoms with Crippen LogP contribution in [-0.2, 0) is 4.74 Å². The normalized spacial score (nSPS) is 27.2. The van der Waals surface area contributed by atoms with Gasteiger partial charge in [-0.3, -0.25) is 4.90 Å². The Morgan fingerprint density at radius 3 is 2.88 bits per heavy atom. The van der Waals surface area contributed by atoms with Gasteiger partial charge >= 0.3 is 0 Å². The zero-order chi connectivity index (χ0) is 11.8. The Morgan fingerprint density at radius 1 is 1.44 bits per heavy atom. The number of nitrogens with two attached hydrogens (primary N) is 1. The van der Waals surface area contributed by atoms with E-state index in [0.717, 1.165) is 25.6 Å². The van der Waals surface area contributed by atoms with Gasteiger partial charge in [-0.2, -0.15) is 0 Å². The Balaban J connectivity index is 2.24. The van der Waals surface area contributed by atoms with Crippen LogP contribution >= 0.6 is 0 Å². The number of hydrogen-bond acceptors (Lipinski definition) is 4. The van der Waals surface area contributed by atoms with E-state index < -0.39 is 0 Å². The molecule has 0 aromatic carbocycles. The maximum absolute atomic E-state index is 8.61. The lowest BCUT2D eigenvalue weighted by atomic mass is 9.89. The number of aliphatic hydroxyl groups is 1. The number of ether oxygens (including phenoxy) is 1. The number of rotatable bonds is 7. The van der Waals surface area contributed by atoms with Gasteiger partial charge in [0.25, 0.3) is 0 Å². The number of nitrogens with zero attached hydrogens (tertiary/aromatic N) is 1. The molecule has 1 aliphatic heterocycles. The number of piperidine rings is 1. The summed E-state index contributed by atoms with van der Waals surface area (Å²) in [5, 5.41) is 8.61. The van der Waals surface area contributed by atoms with Gasteiger partial charge in [-0.15, -0.1) is 0 Å². The van der Waals surface area contributed by atoms with Gasteiger partial charge in [-0.1, -0.05) is 13.3 Å². The van der Waals surface area contributed by atoms with Crippen LogP contribution in [0.2, 0.25) is 0 Å². The first-order chi connectivity index (χ1) is 7.81. The van der Waals surface area contributed by atoms with Crippen molar-refractivity contribution >= 4 is 0 Å². The van der Waals surface area contributed by atoms with E-state index in [9.17, 15) is 0 Å². The smallest absolute Gasteiger partial charge is 0.0698 e. The molecule has 2 unspecified atom stereocenters. The molecule has 1 heterocycles. The molecule has 0 radical (unpaired) electrons. The molecule has 2 atom stereocenters. The lowest BCUT2D eigenvalue weighted by molar-refractivity contribution is 0.0454. The minimum Gasteiger partial charge on any atom is -0.394 e. The second-order valence-corrected chi connectivity index (χ2v) is 4.56. The third-order valence-electron chi connectivity index (χ3n) is 3.55. The zero-order valence-corrected chi connectivity index (χ0v) is 10.4. The SMILES string of the molecule is CCC1CCN(CCOCCO)C(CN)C1. The van der Waals surface area contributed by atoms with Crippen LogP contribution in [0, 0.1) is 5.92 Å². The van der Waals surface area contributed by atoms with Gasteiger partial charge in [-0.05, 0) is 25.3 Å². The maximum atomic E-state index is 8.61. The van der Waals surface area contributed by atoms with Crippen LogP contribution in [0.3, 0.4) is 0 Å². The van der Waals surface area contributed by atoms with E-state index in [1.807, 2.05) is 0 Å². The minimum atomic E-state index is 0.109. The molecular weight excluding hydrogens is 204 g/mol. The summed E-state index contributed by atoms with van der Waals surface area (Å²) in [5.41, 5.74) is 5.82. The molecule has 96 valence electrons. The van der Waals surface area contributed by atoms with Gasteiger partial charge in [0.1, 0.15) is 0 Å². The molecule has 1 aliphatic rings. The molecule has 0 aromatic rings. The molecule has 4 nitrogen and oxygen atoms in total. The lowest BCUT2D eigenvalue weighted by Gasteiger charge is -2.38. The second-order valence-electron chi connectivity index (χ2n) is 4.56. The van der Waals surface area contributed by atoms with Crippen molar-refractivity contribution in [3.63, 3.8) is 0 Å². The van der Waals surface area contributed by atoms with Gasteiger partial charge in [0, 0.05) is 19.1 Å². The molecule has 0 aromatic heterocycles. The standard InChI is InChI=1S/C12H26N2O2/c1-2-11-3-4-14(12(9-11)10-13)5-7-16-8-6-15/h11-12,15H,2-10,13H2,1H3. The third kappa shape index (κ3) is 4.37. The fourth-order valence-corrected chi connectivity index (χ4v) is 2.44.